The molecule has 3 aromatic rings. The Labute approximate surface area is 196 Å². The summed E-state index contributed by atoms with van der Waals surface area (Å²) >= 11 is 0. The van der Waals surface area contributed by atoms with E-state index in [0.717, 1.165) is 66.5 Å². The zero-order chi connectivity index (χ0) is 22.8. The van der Waals surface area contributed by atoms with Gasteiger partial charge in [0.1, 0.15) is 11.9 Å². The molecule has 5 heteroatoms. The number of carbonyl (C=O) groups is 1. The molecular weight excluding hydrogens is 410 g/mol. The zero-order valence-electron chi connectivity index (χ0n) is 19.4. The highest BCUT2D eigenvalue weighted by Crippen LogP contribution is 2.42. The molecule has 1 unspecified atom stereocenters. The molecule has 174 valence electrons. The van der Waals surface area contributed by atoms with E-state index in [1.165, 1.54) is 31.2 Å². The number of amides is 1. The van der Waals surface area contributed by atoms with Crippen molar-refractivity contribution in [1.29, 1.82) is 0 Å². The van der Waals surface area contributed by atoms with Crippen molar-refractivity contribution in [3.63, 3.8) is 0 Å². The number of aromatic nitrogens is 2. The topological polar surface area (TPSA) is 81.1 Å². The molecule has 2 aliphatic carbocycles. The molecule has 2 saturated carbocycles. The Hall–Kier alpha value is -2.66. The lowest BCUT2D eigenvalue weighted by Crippen LogP contribution is -2.34. The van der Waals surface area contributed by atoms with E-state index in [1.807, 2.05) is 24.3 Å². The van der Waals surface area contributed by atoms with Gasteiger partial charge in [-0.25, -0.2) is 4.98 Å². The molecule has 1 heterocycles. The van der Waals surface area contributed by atoms with Gasteiger partial charge in [-0.1, -0.05) is 68.9 Å². The van der Waals surface area contributed by atoms with E-state index in [9.17, 15) is 9.90 Å². The highest BCUT2D eigenvalue weighted by atomic mass is 16.3. The van der Waals surface area contributed by atoms with Crippen molar-refractivity contribution >= 4 is 16.9 Å². The van der Waals surface area contributed by atoms with Crippen LogP contribution in [0.4, 0.5) is 0 Å². The predicted molar refractivity (Wildman–Crippen MR) is 132 cm³/mol. The molecule has 33 heavy (non-hydrogen) atoms. The van der Waals surface area contributed by atoms with Gasteiger partial charge in [-0.2, -0.15) is 0 Å². The molecule has 3 N–H and O–H groups in total. The summed E-state index contributed by atoms with van der Waals surface area (Å²) in [6.07, 6.45) is 11.6. The van der Waals surface area contributed by atoms with Crippen LogP contribution in [0.15, 0.2) is 42.5 Å². The summed E-state index contributed by atoms with van der Waals surface area (Å²) in [5.74, 6) is 1.27. The minimum Gasteiger partial charge on any atom is -0.392 e. The molecule has 2 fully saturated rings. The average molecular weight is 446 g/mol. The summed E-state index contributed by atoms with van der Waals surface area (Å²) in [7, 11) is 0. The Kier molecular flexibility index (Phi) is 6.50. The van der Waals surface area contributed by atoms with Gasteiger partial charge in [0.25, 0.3) is 0 Å². The lowest BCUT2D eigenvalue weighted by Gasteiger charge is -2.31. The first kappa shape index (κ1) is 22.1. The number of aliphatic hydroxyl groups excluding tert-OH is 1. The smallest absolute Gasteiger partial charge is 0.240 e. The third-order valence-corrected chi connectivity index (χ3v) is 7.85. The van der Waals surface area contributed by atoms with Gasteiger partial charge in [-0.05, 0) is 60.8 Å². The maximum Gasteiger partial charge on any atom is 0.240 e. The minimum absolute atomic E-state index is 0.0302. The maximum atomic E-state index is 13.0. The van der Waals surface area contributed by atoms with Crippen molar-refractivity contribution in [1.82, 2.24) is 9.55 Å². The fourth-order valence-corrected chi connectivity index (χ4v) is 6.20. The lowest BCUT2D eigenvalue weighted by atomic mass is 9.81. The van der Waals surface area contributed by atoms with Crippen LogP contribution in [0.1, 0.15) is 87.3 Å². The van der Waals surface area contributed by atoms with Crippen molar-refractivity contribution in [3.05, 3.63) is 53.6 Å². The number of benzene rings is 2. The SMILES string of the molecule is NC(=O)C(C1CCCCC1)n1c(-c2ccc(CO)cc2C2CCCCC2)nc2ccccc21. The van der Waals surface area contributed by atoms with Crippen molar-refractivity contribution in [2.24, 2.45) is 11.7 Å². The van der Waals surface area contributed by atoms with Gasteiger partial charge in [0, 0.05) is 5.56 Å². The first-order valence-electron chi connectivity index (χ1n) is 12.7. The first-order valence-corrected chi connectivity index (χ1v) is 12.7. The van der Waals surface area contributed by atoms with E-state index in [4.69, 9.17) is 10.7 Å². The molecular formula is C28H35N3O2. The van der Waals surface area contributed by atoms with E-state index >= 15 is 0 Å². The van der Waals surface area contributed by atoms with Gasteiger partial charge in [0.15, 0.2) is 0 Å². The summed E-state index contributed by atoms with van der Waals surface area (Å²) < 4.78 is 2.15. The van der Waals surface area contributed by atoms with Gasteiger partial charge in [-0.3, -0.25) is 4.79 Å². The van der Waals surface area contributed by atoms with Crippen LogP contribution in [0.5, 0.6) is 0 Å². The average Bonchev–Trinajstić information content (AvgIpc) is 3.24. The van der Waals surface area contributed by atoms with Gasteiger partial charge < -0.3 is 15.4 Å². The Balaban J connectivity index is 1.71. The minimum atomic E-state index is -0.399. The van der Waals surface area contributed by atoms with Crippen molar-refractivity contribution in [2.75, 3.05) is 0 Å². The lowest BCUT2D eigenvalue weighted by molar-refractivity contribution is -0.122. The normalized spacial score (nSPS) is 19.1. The molecule has 0 spiro atoms. The number of para-hydroxylation sites is 2. The monoisotopic (exact) mass is 445 g/mol. The predicted octanol–water partition coefficient (Wildman–Crippen LogP) is 5.85. The van der Waals surface area contributed by atoms with Crippen LogP contribution in [0.2, 0.25) is 0 Å². The number of hydrogen-bond acceptors (Lipinski definition) is 3. The van der Waals surface area contributed by atoms with Crippen molar-refractivity contribution in [2.45, 2.75) is 82.8 Å². The van der Waals surface area contributed by atoms with Gasteiger partial charge in [0.2, 0.25) is 5.91 Å². The molecule has 2 aliphatic rings. The maximum absolute atomic E-state index is 13.0. The van der Waals surface area contributed by atoms with Crippen molar-refractivity contribution < 1.29 is 9.90 Å². The molecule has 1 atom stereocenters. The number of imidazole rings is 1. The second kappa shape index (κ2) is 9.68. The molecule has 5 nitrogen and oxygen atoms in total. The summed E-state index contributed by atoms with van der Waals surface area (Å²) in [5.41, 5.74) is 11.2. The molecule has 0 radical (unpaired) electrons. The number of fused-ring (bicyclic) bond motifs is 1. The molecule has 1 amide bonds. The fourth-order valence-electron chi connectivity index (χ4n) is 6.20. The van der Waals surface area contributed by atoms with Gasteiger partial charge in [-0.15, -0.1) is 0 Å². The summed E-state index contributed by atoms with van der Waals surface area (Å²) in [5, 5.41) is 9.84. The van der Waals surface area contributed by atoms with Crippen LogP contribution in [0.3, 0.4) is 0 Å². The second-order valence-electron chi connectivity index (χ2n) is 9.95. The fraction of sp³-hybridized carbons (Fsp3) is 0.500. The van der Waals surface area contributed by atoms with E-state index in [0.29, 0.717) is 5.92 Å². The van der Waals surface area contributed by atoms with Crippen molar-refractivity contribution in [3.8, 4) is 11.4 Å². The van der Waals surface area contributed by atoms with Crippen LogP contribution in [-0.4, -0.2) is 20.6 Å². The van der Waals surface area contributed by atoms with E-state index < -0.39 is 6.04 Å². The number of aliphatic hydroxyl groups is 1. The summed E-state index contributed by atoms with van der Waals surface area (Å²) in [4.78, 5) is 18.0. The van der Waals surface area contributed by atoms with E-state index in [2.05, 4.69) is 22.8 Å². The third-order valence-electron chi connectivity index (χ3n) is 7.85. The molecule has 1 aromatic heterocycles. The molecule has 0 bridgehead atoms. The molecule has 5 rings (SSSR count). The van der Waals surface area contributed by atoms with Crippen LogP contribution < -0.4 is 5.73 Å². The second-order valence-corrected chi connectivity index (χ2v) is 9.95. The molecule has 0 aliphatic heterocycles. The highest BCUT2D eigenvalue weighted by molar-refractivity contribution is 5.87. The number of rotatable bonds is 6. The zero-order valence-corrected chi connectivity index (χ0v) is 19.4. The number of nitrogens with zero attached hydrogens (tertiary/aromatic N) is 2. The standard InChI is InChI=1S/C28H35N3O2/c29-27(33)26(21-11-5-2-6-12-21)31-25-14-8-7-13-24(25)30-28(31)22-16-15-19(18-32)17-23(22)20-9-3-1-4-10-20/h7-8,13-17,20-21,26,32H,1-6,9-12,18H2,(H2,29,33). The van der Waals surface area contributed by atoms with E-state index in [1.54, 1.807) is 0 Å². The number of carbonyl (C=O) groups excluding carboxylic acids is 1. The quantitative estimate of drug-likeness (QED) is 0.499. The molecule has 0 saturated heterocycles. The Morgan fingerprint density at radius 1 is 1.00 bits per heavy atom. The van der Waals surface area contributed by atoms with Crippen LogP contribution in [-0.2, 0) is 11.4 Å². The highest BCUT2D eigenvalue weighted by Gasteiger charge is 2.34. The third kappa shape index (κ3) is 4.31. The van der Waals surface area contributed by atoms with Gasteiger partial charge >= 0.3 is 0 Å². The largest absolute Gasteiger partial charge is 0.392 e. The number of primary amides is 1. The summed E-state index contributed by atoms with van der Waals surface area (Å²) in [6.45, 7) is 0.0302. The molecule has 2 aromatic carbocycles. The van der Waals surface area contributed by atoms with Crippen LogP contribution in [0.25, 0.3) is 22.4 Å². The number of nitrogens with two attached hydrogens (primary N) is 1. The number of hydrogen-bond donors (Lipinski definition) is 2. The van der Waals surface area contributed by atoms with Crippen LogP contribution >= 0.6 is 0 Å². The van der Waals surface area contributed by atoms with Crippen LogP contribution in [0, 0.1) is 5.92 Å². The van der Waals surface area contributed by atoms with Gasteiger partial charge in [0.05, 0.1) is 17.6 Å². The Morgan fingerprint density at radius 3 is 2.39 bits per heavy atom. The Bertz CT molecular complexity index is 1120. The summed E-state index contributed by atoms with van der Waals surface area (Å²) in [6, 6.07) is 14.0. The van der Waals surface area contributed by atoms with E-state index in [-0.39, 0.29) is 18.4 Å². The Morgan fingerprint density at radius 2 is 1.70 bits per heavy atom. The first-order chi connectivity index (χ1) is 16.2.